The highest BCUT2D eigenvalue weighted by atomic mass is 32.1. The van der Waals surface area contributed by atoms with Gasteiger partial charge in [-0.15, -0.1) is 16.4 Å². The number of nitrogens with zero attached hydrogens (tertiary/aromatic N) is 7. The number of amides is 1. The first-order valence-electron chi connectivity index (χ1n) is 8.29. The molecule has 1 atom stereocenters. The van der Waals surface area contributed by atoms with E-state index in [0.717, 1.165) is 11.0 Å². The van der Waals surface area contributed by atoms with Gasteiger partial charge in [0.05, 0.1) is 12.1 Å². The summed E-state index contributed by atoms with van der Waals surface area (Å²) in [4.78, 5) is 24.7. The molecule has 4 rings (SSSR count). The number of carbonyl (C=O) groups is 1. The molecule has 27 heavy (non-hydrogen) atoms. The molecule has 1 amide bonds. The lowest BCUT2D eigenvalue weighted by molar-refractivity contribution is -0.124. The number of fused-ring (bicyclic) bond motifs is 1. The minimum atomic E-state index is -0.532. The highest BCUT2D eigenvalue weighted by Crippen LogP contribution is 2.15. The van der Waals surface area contributed by atoms with Crippen LogP contribution in [-0.2, 0) is 11.3 Å². The van der Waals surface area contributed by atoms with Crippen LogP contribution in [0.15, 0.2) is 46.6 Å². The van der Waals surface area contributed by atoms with Crippen LogP contribution < -0.4 is 11.0 Å². The van der Waals surface area contributed by atoms with Crippen molar-refractivity contribution < 1.29 is 4.79 Å². The number of rotatable bonds is 6. The third kappa shape index (κ3) is 3.24. The number of thiophene rings is 1. The van der Waals surface area contributed by atoms with E-state index in [-0.39, 0.29) is 24.7 Å². The van der Waals surface area contributed by atoms with Gasteiger partial charge >= 0.3 is 5.69 Å². The molecule has 138 valence electrons. The first kappa shape index (κ1) is 17.1. The van der Waals surface area contributed by atoms with Crippen molar-refractivity contribution in [2.24, 2.45) is 0 Å². The summed E-state index contributed by atoms with van der Waals surface area (Å²) >= 11 is 1.40. The molecule has 4 aromatic rings. The summed E-state index contributed by atoms with van der Waals surface area (Å²) < 4.78 is 4.02. The Hall–Kier alpha value is -3.34. The molecule has 10 nitrogen and oxygen atoms in total. The lowest BCUT2D eigenvalue weighted by Crippen LogP contribution is -2.35. The van der Waals surface area contributed by atoms with Gasteiger partial charge in [-0.1, -0.05) is 17.3 Å². The quantitative estimate of drug-likeness (QED) is 0.521. The van der Waals surface area contributed by atoms with Gasteiger partial charge in [-0.3, -0.25) is 4.79 Å². The van der Waals surface area contributed by atoms with Gasteiger partial charge in [-0.25, -0.2) is 9.48 Å². The molecule has 11 heteroatoms. The van der Waals surface area contributed by atoms with Crippen LogP contribution in [0.5, 0.6) is 0 Å². The predicted octanol–water partition coefficient (Wildman–Crippen LogP) is 0.613. The van der Waals surface area contributed by atoms with Gasteiger partial charge in [0, 0.05) is 6.54 Å². The van der Waals surface area contributed by atoms with Gasteiger partial charge in [0.2, 0.25) is 5.91 Å². The molecule has 0 aliphatic rings. The molecule has 0 radical (unpaired) electrons. The Bertz CT molecular complexity index is 1130. The topological polar surface area (TPSA) is 113 Å². The molecule has 3 heterocycles. The van der Waals surface area contributed by atoms with Crippen molar-refractivity contribution in [2.45, 2.75) is 19.5 Å². The van der Waals surface area contributed by atoms with Crippen LogP contribution in [0.3, 0.4) is 0 Å². The third-order valence-corrected chi connectivity index (χ3v) is 4.94. The molecule has 0 saturated carbocycles. The Morgan fingerprint density at radius 1 is 1.19 bits per heavy atom. The maximum atomic E-state index is 12.4. The zero-order valence-electron chi connectivity index (χ0n) is 14.4. The second-order valence-corrected chi connectivity index (χ2v) is 6.76. The smallest absolute Gasteiger partial charge is 0.352 e. The van der Waals surface area contributed by atoms with Crippen molar-refractivity contribution in [1.82, 2.24) is 40.1 Å². The highest BCUT2D eigenvalue weighted by Gasteiger charge is 2.18. The molecule has 0 fully saturated rings. The van der Waals surface area contributed by atoms with Crippen molar-refractivity contribution in [3.63, 3.8) is 0 Å². The van der Waals surface area contributed by atoms with E-state index in [2.05, 4.69) is 26.1 Å². The summed E-state index contributed by atoms with van der Waals surface area (Å²) in [7, 11) is 0. The van der Waals surface area contributed by atoms with Gasteiger partial charge in [-0.05, 0) is 47.0 Å². The molecule has 1 N–H and O–H groups in total. The highest BCUT2D eigenvalue weighted by molar-refractivity contribution is 7.12. The van der Waals surface area contributed by atoms with Gasteiger partial charge < -0.3 is 5.32 Å². The average molecular weight is 384 g/mol. The summed E-state index contributed by atoms with van der Waals surface area (Å²) in [6, 6.07) is 10.5. The van der Waals surface area contributed by atoms with Gasteiger partial charge in [0.1, 0.15) is 16.6 Å². The number of carbonyl (C=O) groups excluding carboxylic acids is 1. The SMILES string of the molecule is CC(C(=O)NCCn1nnn(-c2cccs2)c1=O)n1nnc2ccccc21. The van der Waals surface area contributed by atoms with E-state index in [1.54, 1.807) is 17.7 Å². The standard InChI is InChI=1S/C16H16N8O2S/c1-11(23-13-6-3-2-5-12(13)18-19-23)15(25)17-8-9-22-16(26)24(21-20-22)14-7-4-10-27-14/h2-7,10-11H,8-9H2,1H3,(H,17,25). The molecule has 1 unspecified atom stereocenters. The van der Waals surface area contributed by atoms with Crippen molar-refractivity contribution in [2.75, 3.05) is 6.54 Å². The minimum absolute atomic E-state index is 0.218. The number of aromatic nitrogens is 7. The summed E-state index contributed by atoms with van der Waals surface area (Å²) in [5, 5.41) is 21.2. The van der Waals surface area contributed by atoms with Crippen LogP contribution in [0.25, 0.3) is 16.0 Å². The summed E-state index contributed by atoms with van der Waals surface area (Å²) in [6.45, 7) is 2.22. The Morgan fingerprint density at radius 3 is 2.85 bits per heavy atom. The van der Waals surface area contributed by atoms with E-state index in [9.17, 15) is 9.59 Å². The monoisotopic (exact) mass is 384 g/mol. The summed E-state index contributed by atoms with van der Waals surface area (Å²) in [5.74, 6) is -0.218. The van der Waals surface area contributed by atoms with Crippen LogP contribution in [0.4, 0.5) is 0 Å². The zero-order valence-corrected chi connectivity index (χ0v) is 15.2. The number of benzene rings is 1. The van der Waals surface area contributed by atoms with Crippen LogP contribution in [0, 0.1) is 0 Å². The average Bonchev–Trinajstić information content (AvgIpc) is 3.41. The number of hydrogen-bond acceptors (Lipinski definition) is 7. The van der Waals surface area contributed by atoms with E-state index >= 15 is 0 Å². The lowest BCUT2D eigenvalue weighted by Gasteiger charge is -2.12. The van der Waals surface area contributed by atoms with E-state index in [1.807, 2.05) is 35.7 Å². The van der Waals surface area contributed by atoms with Crippen molar-refractivity contribution in [3.05, 3.63) is 52.3 Å². The molecule has 0 spiro atoms. The number of hydrogen-bond donors (Lipinski definition) is 1. The van der Waals surface area contributed by atoms with Crippen LogP contribution in [0.1, 0.15) is 13.0 Å². The Morgan fingerprint density at radius 2 is 2.04 bits per heavy atom. The molecule has 0 saturated heterocycles. The van der Waals surface area contributed by atoms with Crippen molar-refractivity contribution in [3.8, 4) is 5.00 Å². The first-order chi connectivity index (χ1) is 13.1. The Kier molecular flexibility index (Phi) is 4.50. The Labute approximate surface area is 157 Å². The molecule has 0 aliphatic heterocycles. The zero-order chi connectivity index (χ0) is 18.8. The van der Waals surface area contributed by atoms with Crippen LogP contribution >= 0.6 is 11.3 Å². The van der Waals surface area contributed by atoms with Gasteiger partial charge in [0.15, 0.2) is 0 Å². The fourth-order valence-corrected chi connectivity index (χ4v) is 3.33. The molecule has 3 aromatic heterocycles. The Balaban J connectivity index is 1.39. The third-order valence-electron chi connectivity index (χ3n) is 4.10. The number of nitrogens with one attached hydrogen (secondary N) is 1. The van der Waals surface area contributed by atoms with E-state index in [1.165, 1.54) is 20.7 Å². The second-order valence-electron chi connectivity index (χ2n) is 5.84. The molecular formula is C16H16N8O2S. The van der Waals surface area contributed by atoms with Gasteiger partial charge in [-0.2, -0.15) is 9.36 Å². The van der Waals surface area contributed by atoms with E-state index < -0.39 is 6.04 Å². The number of para-hydroxylation sites is 1. The summed E-state index contributed by atoms with van der Waals surface area (Å²) in [6.07, 6.45) is 0. The fraction of sp³-hybridized carbons (Fsp3) is 0.250. The largest absolute Gasteiger partial charge is 0.369 e. The molecule has 1 aromatic carbocycles. The maximum absolute atomic E-state index is 12.4. The van der Waals surface area contributed by atoms with E-state index in [4.69, 9.17) is 0 Å². The van der Waals surface area contributed by atoms with Crippen molar-refractivity contribution >= 4 is 28.3 Å². The second kappa shape index (κ2) is 7.11. The first-order valence-corrected chi connectivity index (χ1v) is 9.17. The van der Waals surface area contributed by atoms with Crippen LogP contribution in [0.2, 0.25) is 0 Å². The predicted molar refractivity (Wildman–Crippen MR) is 98.7 cm³/mol. The number of tetrazole rings is 1. The lowest BCUT2D eigenvalue weighted by atomic mass is 10.2. The fourth-order valence-electron chi connectivity index (χ4n) is 2.66. The normalized spacial score (nSPS) is 12.3. The maximum Gasteiger partial charge on any atom is 0.369 e. The van der Waals surface area contributed by atoms with Crippen molar-refractivity contribution in [1.29, 1.82) is 0 Å². The molecule has 0 bridgehead atoms. The summed E-state index contributed by atoms with van der Waals surface area (Å²) in [5.41, 5.74) is 1.17. The molecule has 0 aliphatic carbocycles. The molecular weight excluding hydrogens is 368 g/mol. The van der Waals surface area contributed by atoms with E-state index in [0.29, 0.717) is 5.00 Å². The van der Waals surface area contributed by atoms with Crippen LogP contribution in [-0.4, -0.2) is 47.2 Å². The van der Waals surface area contributed by atoms with Gasteiger partial charge in [0.25, 0.3) is 0 Å². The minimum Gasteiger partial charge on any atom is -0.352 e.